The summed E-state index contributed by atoms with van der Waals surface area (Å²) in [6.07, 6.45) is 0.730. The van der Waals surface area contributed by atoms with Gasteiger partial charge in [-0.05, 0) is 51.0 Å². The molecule has 11 heteroatoms. The standard InChI is InChI=1S/C26H31F3N6O2/c1-15-13-35(22-11-24(36)32(5)23-14-33(9-8-30)31-25(22)23)16(2)12-34(15)17(3)20-7-6-19(27)10-21(20)18(4)37-26(28)29/h6-7,10-11,14-18,26H,9,12-13H2,1-5H3/t15-,16+,17?,18?/m1/s1. The number of hydrogen-bond acceptors (Lipinski definition) is 6. The number of nitrogens with zero attached hydrogens (tertiary/aromatic N) is 6. The summed E-state index contributed by atoms with van der Waals surface area (Å²) in [7, 11) is 1.68. The molecule has 0 saturated carbocycles. The van der Waals surface area contributed by atoms with Crippen molar-refractivity contribution in [2.45, 2.75) is 65.1 Å². The quantitative estimate of drug-likeness (QED) is 0.465. The van der Waals surface area contributed by atoms with Crippen LogP contribution in [0.25, 0.3) is 11.0 Å². The first-order valence-corrected chi connectivity index (χ1v) is 12.2. The number of fused-ring (bicyclic) bond motifs is 1. The molecule has 198 valence electrons. The van der Waals surface area contributed by atoms with Gasteiger partial charge in [0.1, 0.15) is 17.9 Å². The van der Waals surface area contributed by atoms with E-state index in [1.165, 1.54) is 28.3 Å². The van der Waals surface area contributed by atoms with E-state index in [9.17, 15) is 18.0 Å². The average molecular weight is 517 g/mol. The average Bonchev–Trinajstić information content (AvgIpc) is 3.26. The Balaban J connectivity index is 1.65. The smallest absolute Gasteiger partial charge is 0.345 e. The van der Waals surface area contributed by atoms with Crippen LogP contribution in [0.15, 0.2) is 35.3 Å². The molecule has 4 atom stereocenters. The molecule has 0 amide bonds. The third-order valence-electron chi connectivity index (χ3n) is 7.25. The van der Waals surface area contributed by atoms with Crippen molar-refractivity contribution < 1.29 is 17.9 Å². The van der Waals surface area contributed by atoms with Gasteiger partial charge in [-0.2, -0.15) is 19.1 Å². The molecule has 1 aromatic carbocycles. The zero-order valence-electron chi connectivity index (χ0n) is 21.5. The molecule has 0 bridgehead atoms. The number of rotatable bonds is 7. The van der Waals surface area contributed by atoms with Crippen LogP contribution >= 0.6 is 0 Å². The number of halogens is 3. The predicted molar refractivity (Wildman–Crippen MR) is 134 cm³/mol. The summed E-state index contributed by atoms with van der Waals surface area (Å²) in [6, 6.07) is 7.68. The van der Waals surface area contributed by atoms with Gasteiger partial charge in [-0.3, -0.25) is 14.4 Å². The molecule has 0 aliphatic carbocycles. The highest BCUT2D eigenvalue weighted by Crippen LogP contribution is 2.35. The van der Waals surface area contributed by atoms with Gasteiger partial charge in [0.05, 0.1) is 29.6 Å². The molecule has 2 aromatic heterocycles. The van der Waals surface area contributed by atoms with E-state index in [2.05, 4.69) is 39.6 Å². The van der Waals surface area contributed by atoms with E-state index in [1.54, 1.807) is 25.4 Å². The number of nitriles is 1. The lowest BCUT2D eigenvalue weighted by atomic mass is 9.94. The Hall–Kier alpha value is -3.36. The van der Waals surface area contributed by atoms with Gasteiger partial charge in [0, 0.05) is 44.3 Å². The Morgan fingerprint density at radius 2 is 1.89 bits per heavy atom. The molecule has 0 N–H and O–H groups in total. The molecule has 4 rings (SSSR count). The van der Waals surface area contributed by atoms with E-state index in [1.807, 2.05) is 6.92 Å². The van der Waals surface area contributed by atoms with Crippen LogP contribution in [0, 0.1) is 17.1 Å². The molecule has 37 heavy (non-hydrogen) atoms. The number of hydrogen-bond donors (Lipinski definition) is 0. The summed E-state index contributed by atoms with van der Waals surface area (Å²) < 4.78 is 47.6. The maximum atomic E-state index is 14.1. The van der Waals surface area contributed by atoms with Crippen LogP contribution in [-0.2, 0) is 18.3 Å². The van der Waals surface area contributed by atoms with Gasteiger partial charge in [-0.15, -0.1) is 0 Å². The Bertz CT molecular complexity index is 1380. The van der Waals surface area contributed by atoms with Crippen molar-refractivity contribution in [3.8, 4) is 6.07 Å². The maximum absolute atomic E-state index is 14.1. The first kappa shape index (κ1) is 26.7. The van der Waals surface area contributed by atoms with Gasteiger partial charge in [-0.1, -0.05) is 6.07 Å². The van der Waals surface area contributed by atoms with Crippen molar-refractivity contribution in [2.75, 3.05) is 18.0 Å². The van der Waals surface area contributed by atoms with E-state index in [-0.39, 0.29) is 30.2 Å². The SMILES string of the molecule is CC(OC(F)F)c1cc(F)ccc1C(C)N1C[C@H](C)N(c2cc(=O)n(C)c3cn(CC#N)nc23)C[C@H]1C. The minimum absolute atomic E-state index is 0.00993. The molecule has 0 radical (unpaired) electrons. The van der Waals surface area contributed by atoms with E-state index in [0.29, 0.717) is 35.4 Å². The molecular weight excluding hydrogens is 485 g/mol. The number of ether oxygens (including phenoxy) is 1. The topological polar surface area (TPSA) is 79.3 Å². The van der Waals surface area contributed by atoms with E-state index >= 15 is 0 Å². The number of aryl methyl sites for hydroxylation is 1. The number of aromatic nitrogens is 3. The highest BCUT2D eigenvalue weighted by Gasteiger charge is 2.35. The van der Waals surface area contributed by atoms with Crippen LogP contribution in [0.3, 0.4) is 0 Å². The summed E-state index contributed by atoms with van der Waals surface area (Å²) in [5.74, 6) is -0.507. The maximum Gasteiger partial charge on any atom is 0.345 e. The lowest BCUT2D eigenvalue weighted by Gasteiger charge is -2.48. The molecule has 1 aliphatic heterocycles. The van der Waals surface area contributed by atoms with Gasteiger partial charge >= 0.3 is 6.61 Å². The number of anilines is 1. The first-order valence-electron chi connectivity index (χ1n) is 12.2. The van der Waals surface area contributed by atoms with Crippen molar-refractivity contribution in [3.63, 3.8) is 0 Å². The second kappa shape index (κ2) is 10.6. The monoisotopic (exact) mass is 516 g/mol. The van der Waals surface area contributed by atoms with Gasteiger partial charge in [-0.25, -0.2) is 4.39 Å². The third kappa shape index (κ3) is 5.22. The Morgan fingerprint density at radius 3 is 2.57 bits per heavy atom. The zero-order valence-corrected chi connectivity index (χ0v) is 21.5. The van der Waals surface area contributed by atoms with E-state index < -0.39 is 18.5 Å². The van der Waals surface area contributed by atoms with Crippen LogP contribution in [0.1, 0.15) is 51.0 Å². The third-order valence-corrected chi connectivity index (χ3v) is 7.25. The summed E-state index contributed by atoms with van der Waals surface area (Å²) in [6.45, 7) is 5.89. The fourth-order valence-corrected chi connectivity index (χ4v) is 5.33. The summed E-state index contributed by atoms with van der Waals surface area (Å²) in [4.78, 5) is 17.1. The van der Waals surface area contributed by atoms with E-state index in [0.717, 1.165) is 5.56 Å². The molecular formula is C26H31F3N6O2. The summed E-state index contributed by atoms with van der Waals surface area (Å²) in [5, 5.41) is 13.7. The fraction of sp³-hybridized carbons (Fsp3) is 0.500. The Morgan fingerprint density at radius 1 is 1.16 bits per heavy atom. The van der Waals surface area contributed by atoms with Crippen molar-refractivity contribution >= 4 is 16.7 Å². The second-order valence-electron chi connectivity index (χ2n) is 9.68. The van der Waals surface area contributed by atoms with Gasteiger partial charge in [0.15, 0.2) is 0 Å². The molecule has 3 aromatic rings. The molecule has 1 fully saturated rings. The summed E-state index contributed by atoms with van der Waals surface area (Å²) >= 11 is 0. The van der Waals surface area contributed by atoms with E-state index in [4.69, 9.17) is 5.26 Å². The second-order valence-corrected chi connectivity index (χ2v) is 9.68. The highest BCUT2D eigenvalue weighted by molar-refractivity contribution is 5.88. The molecule has 2 unspecified atom stereocenters. The van der Waals surface area contributed by atoms with Crippen LogP contribution in [0.5, 0.6) is 0 Å². The Kier molecular flexibility index (Phi) is 7.62. The first-order chi connectivity index (χ1) is 17.5. The lowest BCUT2D eigenvalue weighted by Crippen LogP contribution is -2.57. The van der Waals surface area contributed by atoms with Crippen molar-refractivity contribution in [2.24, 2.45) is 7.05 Å². The van der Waals surface area contributed by atoms with Gasteiger partial charge < -0.3 is 14.2 Å². The molecule has 1 saturated heterocycles. The zero-order chi connectivity index (χ0) is 27.0. The van der Waals surface area contributed by atoms with Crippen molar-refractivity contribution in [1.82, 2.24) is 19.2 Å². The van der Waals surface area contributed by atoms with Crippen molar-refractivity contribution in [1.29, 1.82) is 5.26 Å². The molecule has 3 heterocycles. The van der Waals surface area contributed by atoms with Crippen LogP contribution in [-0.4, -0.2) is 51.0 Å². The van der Waals surface area contributed by atoms with Crippen LogP contribution in [0.2, 0.25) is 0 Å². The molecule has 8 nitrogen and oxygen atoms in total. The molecule has 0 spiro atoms. The van der Waals surface area contributed by atoms with Gasteiger partial charge in [0.25, 0.3) is 5.56 Å². The fourth-order valence-electron chi connectivity index (χ4n) is 5.33. The number of alkyl halides is 2. The lowest BCUT2D eigenvalue weighted by molar-refractivity contribution is -0.160. The largest absolute Gasteiger partial charge is 0.364 e. The minimum atomic E-state index is -2.96. The number of piperazine rings is 1. The number of benzene rings is 1. The van der Waals surface area contributed by atoms with Crippen molar-refractivity contribution in [3.05, 3.63) is 57.8 Å². The summed E-state index contributed by atoms with van der Waals surface area (Å²) in [5.41, 5.74) is 2.97. The van der Waals surface area contributed by atoms with Crippen LogP contribution < -0.4 is 10.5 Å². The van der Waals surface area contributed by atoms with Crippen LogP contribution in [0.4, 0.5) is 18.9 Å². The normalized spacial score (nSPS) is 20.4. The molecule has 1 aliphatic rings. The number of pyridine rings is 1. The minimum Gasteiger partial charge on any atom is -0.364 e. The highest BCUT2D eigenvalue weighted by atomic mass is 19.3. The predicted octanol–water partition coefficient (Wildman–Crippen LogP) is 4.36. The Labute approximate surface area is 213 Å². The van der Waals surface area contributed by atoms with Gasteiger partial charge in [0.2, 0.25) is 0 Å².